The fraction of sp³-hybridized carbons (Fsp3) is 1.00. The Labute approximate surface area is 70.2 Å². The molecule has 0 atom stereocenters. The molecule has 0 aromatic heterocycles. The standard InChI is InChI=1S/C3H6S2.Na.H/c4-3-1-5-2-3;;/h3-4H,1-2H2;;. The molecule has 1 heterocycles. The van der Waals surface area contributed by atoms with Crippen molar-refractivity contribution < 1.29 is 0 Å². The Kier molecular flexibility index (Phi) is 4.71. The molecule has 32 valence electrons. The van der Waals surface area contributed by atoms with Gasteiger partial charge in [0.15, 0.2) is 0 Å². The Hall–Kier alpha value is 1.70. The first-order chi connectivity index (χ1) is 2.39. The molecule has 1 fully saturated rings. The van der Waals surface area contributed by atoms with E-state index in [0.29, 0.717) is 0 Å². The zero-order valence-corrected chi connectivity index (χ0v) is 4.56. The van der Waals surface area contributed by atoms with Crippen molar-refractivity contribution in [2.75, 3.05) is 11.5 Å². The maximum atomic E-state index is 4.16. The van der Waals surface area contributed by atoms with Crippen LogP contribution in [0.1, 0.15) is 0 Å². The number of thiol groups is 1. The van der Waals surface area contributed by atoms with Crippen LogP contribution >= 0.6 is 24.4 Å². The number of thioether (sulfide) groups is 1. The third-order valence-corrected chi connectivity index (χ3v) is 2.76. The summed E-state index contributed by atoms with van der Waals surface area (Å²) < 4.78 is 0. The number of hydrogen-bond donors (Lipinski definition) is 1. The molecule has 0 nitrogen and oxygen atoms in total. The van der Waals surface area contributed by atoms with Crippen molar-refractivity contribution in [3.63, 3.8) is 0 Å². The molecule has 0 saturated carbocycles. The van der Waals surface area contributed by atoms with Gasteiger partial charge in [-0.3, -0.25) is 0 Å². The van der Waals surface area contributed by atoms with E-state index in [1.54, 1.807) is 0 Å². The van der Waals surface area contributed by atoms with Crippen LogP contribution in [0.4, 0.5) is 0 Å². The van der Waals surface area contributed by atoms with Gasteiger partial charge in [-0.05, 0) is 0 Å². The Balaban J connectivity index is 0.000000250. The number of hydrogen-bond acceptors (Lipinski definition) is 2. The monoisotopic (exact) mass is 130 g/mol. The molecule has 1 rings (SSSR count). The van der Waals surface area contributed by atoms with Gasteiger partial charge in [-0.2, -0.15) is 24.4 Å². The van der Waals surface area contributed by atoms with E-state index in [9.17, 15) is 0 Å². The van der Waals surface area contributed by atoms with E-state index in [0.717, 1.165) is 5.25 Å². The zero-order chi connectivity index (χ0) is 3.70. The summed E-state index contributed by atoms with van der Waals surface area (Å²) >= 11 is 6.13. The molecule has 6 heavy (non-hydrogen) atoms. The van der Waals surface area contributed by atoms with Gasteiger partial charge < -0.3 is 0 Å². The Morgan fingerprint density at radius 1 is 1.50 bits per heavy atom. The van der Waals surface area contributed by atoms with Crippen LogP contribution in [0.2, 0.25) is 0 Å². The van der Waals surface area contributed by atoms with Gasteiger partial charge in [0.2, 0.25) is 0 Å². The molecule has 0 aromatic carbocycles. The first kappa shape index (κ1) is 7.70. The van der Waals surface area contributed by atoms with E-state index >= 15 is 0 Å². The van der Waals surface area contributed by atoms with Crippen molar-refractivity contribution in [2.24, 2.45) is 0 Å². The average molecular weight is 130 g/mol. The molecule has 0 radical (unpaired) electrons. The quantitative estimate of drug-likeness (QED) is 0.365. The van der Waals surface area contributed by atoms with Gasteiger partial charge in [-0.1, -0.05) is 0 Å². The molecular formula is C3H7NaS2. The van der Waals surface area contributed by atoms with Crippen LogP contribution in [0.5, 0.6) is 0 Å². The van der Waals surface area contributed by atoms with Crippen LogP contribution in [-0.4, -0.2) is 46.3 Å². The SMILES string of the molecule is SC1CSC1.[NaH]. The summed E-state index contributed by atoms with van der Waals surface area (Å²) in [6.07, 6.45) is 0. The van der Waals surface area contributed by atoms with Crippen molar-refractivity contribution in [1.82, 2.24) is 0 Å². The molecular weight excluding hydrogens is 123 g/mol. The summed E-state index contributed by atoms with van der Waals surface area (Å²) in [5.74, 6) is 2.53. The molecule has 0 aromatic rings. The second kappa shape index (κ2) is 3.67. The van der Waals surface area contributed by atoms with Crippen LogP contribution < -0.4 is 0 Å². The van der Waals surface area contributed by atoms with Crippen LogP contribution in [0.15, 0.2) is 0 Å². The van der Waals surface area contributed by atoms with Gasteiger partial charge in [-0.15, -0.1) is 0 Å². The van der Waals surface area contributed by atoms with Crippen molar-refractivity contribution in [3.05, 3.63) is 0 Å². The van der Waals surface area contributed by atoms with E-state index < -0.39 is 0 Å². The second-order valence-corrected chi connectivity index (χ2v) is 3.00. The molecule has 0 N–H and O–H groups in total. The number of rotatable bonds is 0. The maximum absolute atomic E-state index is 4.16. The first-order valence-electron chi connectivity index (χ1n) is 1.65. The molecule has 1 saturated heterocycles. The van der Waals surface area contributed by atoms with Crippen LogP contribution in [0.25, 0.3) is 0 Å². The van der Waals surface area contributed by atoms with E-state index in [4.69, 9.17) is 0 Å². The fourth-order valence-corrected chi connectivity index (χ4v) is 1.30. The van der Waals surface area contributed by atoms with Crippen molar-refractivity contribution >= 4 is 53.9 Å². The van der Waals surface area contributed by atoms with Crippen LogP contribution in [0.3, 0.4) is 0 Å². The second-order valence-electron chi connectivity index (χ2n) is 1.19. The Morgan fingerprint density at radius 3 is 1.83 bits per heavy atom. The third-order valence-electron chi connectivity index (χ3n) is 0.620. The predicted octanol–water partition coefficient (Wildman–Crippen LogP) is 0.383. The summed E-state index contributed by atoms with van der Waals surface area (Å²) in [5.41, 5.74) is 0. The van der Waals surface area contributed by atoms with Gasteiger partial charge in [0, 0.05) is 16.8 Å². The molecule has 0 bridgehead atoms. The van der Waals surface area contributed by atoms with E-state index in [1.807, 2.05) is 11.8 Å². The van der Waals surface area contributed by atoms with Gasteiger partial charge in [0.1, 0.15) is 0 Å². The topological polar surface area (TPSA) is 0 Å². The molecule has 1 aliphatic rings. The normalized spacial score (nSPS) is 21.5. The van der Waals surface area contributed by atoms with Crippen molar-refractivity contribution in [3.8, 4) is 0 Å². The molecule has 3 heteroatoms. The van der Waals surface area contributed by atoms with E-state index in [1.165, 1.54) is 11.5 Å². The molecule has 1 aliphatic heterocycles. The Morgan fingerprint density at radius 2 is 1.83 bits per heavy atom. The molecule has 0 unspecified atom stereocenters. The van der Waals surface area contributed by atoms with Gasteiger partial charge in [-0.25, -0.2) is 0 Å². The van der Waals surface area contributed by atoms with Crippen molar-refractivity contribution in [2.45, 2.75) is 5.25 Å². The van der Waals surface area contributed by atoms with Gasteiger partial charge in [0.05, 0.1) is 0 Å². The first-order valence-corrected chi connectivity index (χ1v) is 3.32. The summed E-state index contributed by atoms with van der Waals surface area (Å²) in [4.78, 5) is 0. The summed E-state index contributed by atoms with van der Waals surface area (Å²) in [5, 5.41) is 0.722. The summed E-state index contributed by atoms with van der Waals surface area (Å²) in [6.45, 7) is 0. The summed E-state index contributed by atoms with van der Waals surface area (Å²) in [6, 6.07) is 0. The van der Waals surface area contributed by atoms with Crippen molar-refractivity contribution in [1.29, 1.82) is 0 Å². The molecule has 0 spiro atoms. The van der Waals surface area contributed by atoms with E-state index in [-0.39, 0.29) is 29.6 Å². The van der Waals surface area contributed by atoms with Crippen LogP contribution in [-0.2, 0) is 0 Å². The van der Waals surface area contributed by atoms with Gasteiger partial charge >= 0.3 is 29.6 Å². The average Bonchev–Trinajstić information content (AvgIpc) is 1.30. The van der Waals surface area contributed by atoms with E-state index in [2.05, 4.69) is 12.6 Å². The molecule has 0 aliphatic carbocycles. The zero-order valence-electron chi connectivity index (χ0n) is 2.85. The fourth-order valence-electron chi connectivity index (χ4n) is 0.223. The minimum atomic E-state index is 0. The van der Waals surface area contributed by atoms with Gasteiger partial charge in [0.25, 0.3) is 0 Å². The third kappa shape index (κ3) is 2.12. The molecule has 0 amide bonds. The van der Waals surface area contributed by atoms with Crippen LogP contribution in [0, 0.1) is 0 Å². The summed E-state index contributed by atoms with van der Waals surface area (Å²) in [7, 11) is 0. The Bertz CT molecular complexity index is 35.8. The minimum absolute atomic E-state index is 0. The predicted molar refractivity (Wildman–Crippen MR) is 37.2 cm³/mol.